The van der Waals surface area contributed by atoms with Gasteiger partial charge in [-0.05, 0) is 37.1 Å². The van der Waals surface area contributed by atoms with E-state index in [2.05, 4.69) is 0 Å². The number of nitrogens with zero attached hydrogens (tertiary/aromatic N) is 1. The van der Waals surface area contributed by atoms with E-state index in [1.807, 2.05) is 4.90 Å². The number of aliphatic hydroxyl groups excluding tert-OH is 1. The van der Waals surface area contributed by atoms with E-state index >= 15 is 0 Å². The third-order valence-corrected chi connectivity index (χ3v) is 3.88. The Hall–Kier alpha value is -1.76. The summed E-state index contributed by atoms with van der Waals surface area (Å²) in [4.78, 5) is 13.3. The first-order valence-corrected chi connectivity index (χ1v) is 6.61. The number of primary amides is 1. The van der Waals surface area contributed by atoms with E-state index in [9.17, 15) is 18.0 Å². The maximum absolute atomic E-state index is 12.5. The average Bonchev–Trinajstić information content (AvgIpc) is 2.36. The van der Waals surface area contributed by atoms with Gasteiger partial charge in [0.1, 0.15) is 0 Å². The summed E-state index contributed by atoms with van der Waals surface area (Å²) in [6.45, 7) is 0.719. The molecule has 4 nitrogen and oxygen atoms in total. The van der Waals surface area contributed by atoms with Crippen molar-refractivity contribution in [2.75, 3.05) is 24.6 Å². The van der Waals surface area contributed by atoms with Crippen molar-refractivity contribution in [2.24, 2.45) is 11.1 Å². The van der Waals surface area contributed by atoms with Gasteiger partial charge in [0.15, 0.2) is 0 Å². The van der Waals surface area contributed by atoms with Crippen LogP contribution in [-0.4, -0.2) is 30.7 Å². The number of amides is 1. The van der Waals surface area contributed by atoms with Crippen molar-refractivity contribution in [3.63, 3.8) is 0 Å². The van der Waals surface area contributed by atoms with Crippen molar-refractivity contribution in [1.29, 1.82) is 0 Å². The van der Waals surface area contributed by atoms with Gasteiger partial charge in [-0.2, -0.15) is 13.2 Å². The van der Waals surface area contributed by atoms with Crippen LogP contribution in [0.1, 0.15) is 18.4 Å². The molecule has 0 radical (unpaired) electrons. The Labute approximate surface area is 120 Å². The van der Waals surface area contributed by atoms with Gasteiger partial charge in [-0.15, -0.1) is 0 Å². The fraction of sp³-hybridized carbons (Fsp3) is 0.500. The number of rotatable bonds is 5. The predicted octanol–water partition coefficient (Wildman–Crippen LogP) is 1.77. The summed E-state index contributed by atoms with van der Waals surface area (Å²) in [5.41, 5.74) is 4.64. The van der Waals surface area contributed by atoms with Gasteiger partial charge in [0, 0.05) is 25.4 Å². The number of nitrogens with two attached hydrogens (primary N) is 1. The minimum atomic E-state index is -4.36. The monoisotopic (exact) mass is 302 g/mol. The molecule has 0 spiro atoms. The van der Waals surface area contributed by atoms with E-state index in [1.54, 1.807) is 0 Å². The summed E-state index contributed by atoms with van der Waals surface area (Å²) in [5, 5.41) is 8.85. The minimum Gasteiger partial charge on any atom is -0.396 e. The first kappa shape index (κ1) is 15.6. The Kier molecular flexibility index (Phi) is 4.13. The van der Waals surface area contributed by atoms with E-state index in [1.165, 1.54) is 12.1 Å². The number of aliphatic hydroxyl groups is 1. The highest BCUT2D eigenvalue weighted by atomic mass is 19.4. The van der Waals surface area contributed by atoms with E-state index < -0.39 is 23.1 Å². The van der Waals surface area contributed by atoms with Crippen LogP contribution in [0.2, 0.25) is 0 Å². The molecule has 0 aromatic heterocycles. The van der Waals surface area contributed by atoms with Crippen LogP contribution in [0.15, 0.2) is 24.3 Å². The van der Waals surface area contributed by atoms with Gasteiger partial charge in [-0.25, -0.2) is 0 Å². The van der Waals surface area contributed by atoms with Crippen molar-refractivity contribution >= 4 is 11.6 Å². The molecular weight excluding hydrogens is 285 g/mol. The molecule has 0 bridgehead atoms. The second-order valence-electron chi connectivity index (χ2n) is 5.37. The fourth-order valence-corrected chi connectivity index (χ4v) is 2.58. The summed E-state index contributed by atoms with van der Waals surface area (Å²) in [7, 11) is 0. The van der Waals surface area contributed by atoms with Crippen molar-refractivity contribution in [2.45, 2.75) is 19.0 Å². The Morgan fingerprint density at radius 2 is 1.86 bits per heavy atom. The first-order valence-electron chi connectivity index (χ1n) is 6.61. The molecule has 1 aromatic rings. The molecule has 1 fully saturated rings. The lowest BCUT2D eigenvalue weighted by Gasteiger charge is -2.49. The van der Waals surface area contributed by atoms with Gasteiger partial charge in [-0.3, -0.25) is 4.79 Å². The van der Waals surface area contributed by atoms with Gasteiger partial charge in [0.2, 0.25) is 5.91 Å². The van der Waals surface area contributed by atoms with Crippen molar-refractivity contribution in [3.05, 3.63) is 29.8 Å². The lowest BCUT2D eigenvalue weighted by Crippen LogP contribution is -2.62. The molecule has 116 valence electrons. The average molecular weight is 302 g/mol. The number of carbonyl (C=O) groups excluding carboxylic acids is 1. The molecule has 1 aliphatic rings. The van der Waals surface area contributed by atoms with Crippen LogP contribution in [-0.2, 0) is 11.0 Å². The van der Waals surface area contributed by atoms with Crippen LogP contribution in [0.5, 0.6) is 0 Å². The minimum absolute atomic E-state index is 0.0185. The molecule has 0 aliphatic carbocycles. The molecule has 2 rings (SSSR count). The second-order valence-corrected chi connectivity index (χ2v) is 5.37. The highest BCUT2D eigenvalue weighted by Crippen LogP contribution is 2.39. The topological polar surface area (TPSA) is 66.6 Å². The van der Waals surface area contributed by atoms with Gasteiger partial charge in [0.25, 0.3) is 0 Å². The third-order valence-electron chi connectivity index (χ3n) is 3.88. The molecule has 7 heteroatoms. The van der Waals surface area contributed by atoms with Gasteiger partial charge in [0.05, 0.1) is 11.0 Å². The summed E-state index contributed by atoms with van der Waals surface area (Å²) in [6, 6.07) is 4.82. The molecular formula is C14H17F3N2O2. The van der Waals surface area contributed by atoms with Crippen LogP contribution in [0.3, 0.4) is 0 Å². The second kappa shape index (κ2) is 5.55. The summed E-state index contributed by atoms with van der Waals surface area (Å²) in [5.74, 6) is -0.431. The largest absolute Gasteiger partial charge is 0.416 e. The molecule has 3 N–H and O–H groups in total. The smallest absolute Gasteiger partial charge is 0.396 e. The van der Waals surface area contributed by atoms with Gasteiger partial charge < -0.3 is 15.7 Å². The van der Waals surface area contributed by atoms with Gasteiger partial charge >= 0.3 is 6.18 Å². The summed E-state index contributed by atoms with van der Waals surface area (Å²) >= 11 is 0. The molecule has 1 amide bonds. The number of benzene rings is 1. The maximum Gasteiger partial charge on any atom is 0.416 e. The zero-order chi connectivity index (χ0) is 15.7. The van der Waals surface area contributed by atoms with E-state index in [0.29, 0.717) is 31.6 Å². The Morgan fingerprint density at radius 3 is 2.29 bits per heavy atom. The molecule has 21 heavy (non-hydrogen) atoms. The van der Waals surface area contributed by atoms with Crippen molar-refractivity contribution < 1.29 is 23.1 Å². The van der Waals surface area contributed by atoms with E-state index in [-0.39, 0.29) is 6.61 Å². The molecule has 1 aromatic carbocycles. The van der Waals surface area contributed by atoms with Crippen LogP contribution >= 0.6 is 0 Å². The summed E-state index contributed by atoms with van der Waals surface area (Å²) < 4.78 is 37.5. The number of halogens is 3. The fourth-order valence-electron chi connectivity index (χ4n) is 2.58. The standard InChI is InChI=1S/C14H17F3N2O2/c15-14(16,17)10-2-4-11(5-3-10)19-8-13(9-19,12(18)21)6-1-7-20/h2-5,20H,1,6-9H2,(H2,18,21). The molecule has 0 atom stereocenters. The van der Waals surface area contributed by atoms with Crippen LogP contribution in [0.25, 0.3) is 0 Å². The SMILES string of the molecule is NC(=O)C1(CCCO)CN(c2ccc(C(F)(F)F)cc2)C1. The number of carbonyl (C=O) groups is 1. The Morgan fingerprint density at radius 1 is 1.29 bits per heavy atom. The van der Waals surface area contributed by atoms with E-state index in [0.717, 1.165) is 12.1 Å². The van der Waals surface area contributed by atoms with E-state index in [4.69, 9.17) is 10.8 Å². The first-order chi connectivity index (χ1) is 9.78. The number of hydrogen-bond acceptors (Lipinski definition) is 3. The van der Waals surface area contributed by atoms with Crippen LogP contribution in [0, 0.1) is 5.41 Å². The lowest BCUT2D eigenvalue weighted by molar-refractivity contribution is -0.137. The highest BCUT2D eigenvalue weighted by Gasteiger charge is 2.47. The van der Waals surface area contributed by atoms with Crippen molar-refractivity contribution in [1.82, 2.24) is 0 Å². The number of hydrogen-bond donors (Lipinski definition) is 2. The highest BCUT2D eigenvalue weighted by molar-refractivity contribution is 5.84. The number of alkyl halides is 3. The molecule has 0 saturated carbocycles. The van der Waals surface area contributed by atoms with Gasteiger partial charge in [-0.1, -0.05) is 0 Å². The molecule has 1 heterocycles. The normalized spacial score (nSPS) is 17.4. The zero-order valence-electron chi connectivity index (χ0n) is 11.4. The Balaban J connectivity index is 2.04. The predicted molar refractivity (Wildman–Crippen MR) is 71.6 cm³/mol. The molecule has 0 unspecified atom stereocenters. The molecule has 1 saturated heterocycles. The maximum atomic E-state index is 12.5. The van der Waals surface area contributed by atoms with Crippen LogP contribution in [0.4, 0.5) is 18.9 Å². The third kappa shape index (κ3) is 3.12. The van der Waals surface area contributed by atoms with Crippen LogP contribution < -0.4 is 10.6 Å². The zero-order valence-corrected chi connectivity index (χ0v) is 11.4. The lowest BCUT2D eigenvalue weighted by atomic mass is 9.75. The van der Waals surface area contributed by atoms with Crippen molar-refractivity contribution in [3.8, 4) is 0 Å². The number of anilines is 1. The Bertz CT molecular complexity index is 508. The summed E-state index contributed by atoms with van der Waals surface area (Å²) in [6.07, 6.45) is -3.40. The molecule has 1 aliphatic heterocycles. The quantitative estimate of drug-likeness (QED) is 0.871.